The fourth-order valence-electron chi connectivity index (χ4n) is 4.33. The number of nitrogens with one attached hydrogen (secondary N) is 1. The lowest BCUT2D eigenvalue weighted by atomic mass is 9.69. The van der Waals surface area contributed by atoms with Crippen molar-refractivity contribution < 1.29 is 17.2 Å². The standard InChI is InChI=1S/C16H21F2NO2S/c1-15(2)10-6-7-16(15,3)14(8-10)19-22(20,21)13-5-4-11(17)9-12(13)18/h4-5,9-10,14,19H,6-8H2,1-3H3. The second-order valence-electron chi connectivity index (χ2n) is 7.36. The molecule has 122 valence electrons. The molecule has 0 spiro atoms. The van der Waals surface area contributed by atoms with E-state index in [2.05, 4.69) is 25.5 Å². The minimum Gasteiger partial charge on any atom is -0.207 e. The van der Waals surface area contributed by atoms with Crippen LogP contribution in [0.5, 0.6) is 0 Å². The molecule has 0 saturated heterocycles. The molecule has 0 aromatic heterocycles. The maximum Gasteiger partial charge on any atom is 0.243 e. The lowest BCUT2D eigenvalue weighted by Gasteiger charge is -2.39. The van der Waals surface area contributed by atoms with E-state index >= 15 is 0 Å². The maximum atomic E-state index is 13.8. The highest BCUT2D eigenvalue weighted by Gasteiger charge is 2.61. The molecule has 3 rings (SSSR count). The van der Waals surface area contributed by atoms with Crippen LogP contribution in [0.1, 0.15) is 40.0 Å². The lowest BCUT2D eigenvalue weighted by molar-refractivity contribution is 0.130. The number of rotatable bonds is 3. The summed E-state index contributed by atoms with van der Waals surface area (Å²) in [6.45, 7) is 6.46. The van der Waals surface area contributed by atoms with E-state index in [1.807, 2.05) is 0 Å². The summed E-state index contributed by atoms with van der Waals surface area (Å²) in [6, 6.07) is 2.33. The molecule has 3 unspecified atom stereocenters. The van der Waals surface area contributed by atoms with Crippen LogP contribution in [0.2, 0.25) is 0 Å². The SMILES string of the molecule is CC1(C)C2CCC1(C)C(NS(=O)(=O)c1ccc(F)cc1F)C2. The molecule has 2 aliphatic carbocycles. The van der Waals surface area contributed by atoms with Gasteiger partial charge in [0.15, 0.2) is 0 Å². The van der Waals surface area contributed by atoms with Crippen LogP contribution in [0, 0.1) is 28.4 Å². The van der Waals surface area contributed by atoms with Gasteiger partial charge >= 0.3 is 0 Å². The number of hydrogen-bond donors (Lipinski definition) is 1. The van der Waals surface area contributed by atoms with Crippen LogP contribution in [-0.2, 0) is 10.0 Å². The van der Waals surface area contributed by atoms with Crippen LogP contribution >= 0.6 is 0 Å². The van der Waals surface area contributed by atoms with Gasteiger partial charge in [0.25, 0.3) is 0 Å². The van der Waals surface area contributed by atoms with E-state index in [0.29, 0.717) is 12.0 Å². The van der Waals surface area contributed by atoms with Crippen LogP contribution in [0.15, 0.2) is 23.1 Å². The molecule has 6 heteroatoms. The van der Waals surface area contributed by atoms with E-state index in [1.165, 1.54) is 0 Å². The van der Waals surface area contributed by atoms with Crippen molar-refractivity contribution in [2.75, 3.05) is 0 Å². The van der Waals surface area contributed by atoms with Crippen molar-refractivity contribution in [1.29, 1.82) is 0 Å². The number of fused-ring (bicyclic) bond motifs is 2. The molecule has 3 nitrogen and oxygen atoms in total. The smallest absolute Gasteiger partial charge is 0.207 e. The number of benzene rings is 1. The first-order valence-electron chi connectivity index (χ1n) is 7.55. The monoisotopic (exact) mass is 329 g/mol. The minimum atomic E-state index is -3.99. The normalized spacial score (nSPS) is 33.3. The Bertz CT molecular complexity index is 717. The molecular formula is C16H21F2NO2S. The molecule has 2 aliphatic rings. The Morgan fingerprint density at radius 2 is 1.91 bits per heavy atom. The number of hydrogen-bond acceptors (Lipinski definition) is 2. The van der Waals surface area contributed by atoms with Crippen LogP contribution < -0.4 is 4.72 Å². The molecular weight excluding hydrogens is 308 g/mol. The predicted octanol–water partition coefficient (Wildman–Crippen LogP) is 3.46. The average Bonchev–Trinajstić information content (AvgIpc) is 2.71. The topological polar surface area (TPSA) is 46.2 Å². The summed E-state index contributed by atoms with van der Waals surface area (Å²) in [4.78, 5) is -0.488. The van der Waals surface area contributed by atoms with Crippen LogP contribution in [0.25, 0.3) is 0 Å². The van der Waals surface area contributed by atoms with Crippen LogP contribution in [-0.4, -0.2) is 14.5 Å². The van der Waals surface area contributed by atoms with Crippen molar-refractivity contribution in [1.82, 2.24) is 4.72 Å². The van der Waals surface area contributed by atoms with Gasteiger partial charge in [0.2, 0.25) is 10.0 Å². The Balaban J connectivity index is 1.90. The molecule has 3 atom stereocenters. The zero-order valence-corrected chi connectivity index (χ0v) is 13.8. The largest absolute Gasteiger partial charge is 0.243 e. The highest BCUT2D eigenvalue weighted by molar-refractivity contribution is 7.89. The fraction of sp³-hybridized carbons (Fsp3) is 0.625. The Labute approximate surface area is 130 Å². The zero-order chi connectivity index (χ0) is 16.3. The van der Waals surface area contributed by atoms with E-state index in [9.17, 15) is 17.2 Å². The van der Waals surface area contributed by atoms with E-state index in [4.69, 9.17) is 0 Å². The Morgan fingerprint density at radius 3 is 2.41 bits per heavy atom. The maximum absolute atomic E-state index is 13.8. The van der Waals surface area contributed by atoms with Gasteiger partial charge in [-0.15, -0.1) is 0 Å². The molecule has 0 aliphatic heterocycles. The van der Waals surface area contributed by atoms with Gasteiger partial charge in [-0.1, -0.05) is 20.8 Å². The first-order valence-corrected chi connectivity index (χ1v) is 9.04. The highest BCUT2D eigenvalue weighted by atomic mass is 32.2. The highest BCUT2D eigenvalue weighted by Crippen LogP contribution is 2.65. The third-order valence-corrected chi connectivity index (χ3v) is 7.78. The minimum absolute atomic E-state index is 0.0571. The second kappa shape index (κ2) is 4.74. The molecule has 0 amide bonds. The van der Waals surface area contributed by atoms with E-state index in [1.54, 1.807) is 0 Å². The molecule has 1 aromatic rings. The molecule has 1 N–H and O–H groups in total. The first-order chi connectivity index (χ1) is 10.1. The summed E-state index contributed by atoms with van der Waals surface area (Å²) in [5.41, 5.74) is -0.0806. The molecule has 1 aromatic carbocycles. The molecule has 0 radical (unpaired) electrons. The van der Waals surface area contributed by atoms with Gasteiger partial charge in [0.1, 0.15) is 16.5 Å². The summed E-state index contributed by atoms with van der Waals surface area (Å²) in [7, 11) is -3.99. The van der Waals surface area contributed by atoms with Gasteiger partial charge in [-0.05, 0) is 48.1 Å². The molecule has 2 fully saturated rings. The summed E-state index contributed by atoms with van der Waals surface area (Å²) in [5, 5.41) is 0. The van der Waals surface area contributed by atoms with Gasteiger partial charge in [-0.3, -0.25) is 0 Å². The van der Waals surface area contributed by atoms with Crippen molar-refractivity contribution in [3.05, 3.63) is 29.8 Å². The van der Waals surface area contributed by atoms with Crippen molar-refractivity contribution in [2.45, 2.75) is 51.0 Å². The molecule has 2 saturated carbocycles. The zero-order valence-electron chi connectivity index (χ0n) is 13.0. The van der Waals surface area contributed by atoms with Crippen molar-refractivity contribution in [3.63, 3.8) is 0 Å². The number of sulfonamides is 1. The van der Waals surface area contributed by atoms with Gasteiger partial charge < -0.3 is 0 Å². The van der Waals surface area contributed by atoms with E-state index in [0.717, 1.165) is 31.4 Å². The average molecular weight is 329 g/mol. The summed E-state index contributed by atoms with van der Waals surface area (Å²) in [5.74, 6) is -1.37. The van der Waals surface area contributed by atoms with E-state index < -0.39 is 26.6 Å². The Morgan fingerprint density at radius 1 is 1.23 bits per heavy atom. The summed E-state index contributed by atoms with van der Waals surface area (Å²) in [6.07, 6.45) is 2.84. The van der Waals surface area contributed by atoms with Crippen LogP contribution in [0.4, 0.5) is 8.78 Å². The van der Waals surface area contributed by atoms with Gasteiger partial charge in [-0.2, -0.15) is 0 Å². The van der Waals surface area contributed by atoms with Crippen LogP contribution in [0.3, 0.4) is 0 Å². The van der Waals surface area contributed by atoms with E-state index in [-0.39, 0.29) is 16.9 Å². The van der Waals surface area contributed by atoms with Crippen molar-refractivity contribution >= 4 is 10.0 Å². The fourth-order valence-corrected chi connectivity index (χ4v) is 5.75. The Kier molecular flexibility index (Phi) is 3.42. The van der Waals surface area contributed by atoms with Crippen molar-refractivity contribution in [3.8, 4) is 0 Å². The predicted molar refractivity (Wildman–Crippen MR) is 79.7 cm³/mol. The molecule has 2 bridgehead atoms. The lowest BCUT2D eigenvalue weighted by Crippen LogP contribution is -2.46. The van der Waals surface area contributed by atoms with Gasteiger partial charge in [-0.25, -0.2) is 21.9 Å². The third kappa shape index (κ3) is 2.11. The molecule has 0 heterocycles. The number of halogens is 2. The summed E-state index contributed by atoms with van der Waals surface area (Å²) >= 11 is 0. The third-order valence-electron chi connectivity index (χ3n) is 6.27. The van der Waals surface area contributed by atoms with Gasteiger partial charge in [0.05, 0.1) is 0 Å². The second-order valence-corrected chi connectivity index (χ2v) is 9.04. The quantitative estimate of drug-likeness (QED) is 0.923. The first kappa shape index (κ1) is 15.9. The Hall–Kier alpha value is -1.01. The molecule has 22 heavy (non-hydrogen) atoms. The van der Waals surface area contributed by atoms with Crippen molar-refractivity contribution in [2.24, 2.45) is 16.7 Å². The van der Waals surface area contributed by atoms with Gasteiger partial charge in [0, 0.05) is 12.1 Å². The summed E-state index contributed by atoms with van der Waals surface area (Å²) < 4.78 is 54.4.